The molecule has 0 atom stereocenters. The number of methoxy groups -OCH3 is 1. The van der Waals surface area contributed by atoms with E-state index in [0.717, 1.165) is 23.5 Å². The van der Waals surface area contributed by atoms with E-state index < -0.39 is 0 Å². The fourth-order valence-corrected chi connectivity index (χ4v) is 3.82. The highest BCUT2D eigenvalue weighted by atomic mass is 32.2. The van der Waals surface area contributed by atoms with Gasteiger partial charge in [-0.3, -0.25) is 0 Å². The van der Waals surface area contributed by atoms with Gasteiger partial charge in [-0.05, 0) is 17.7 Å². The molecule has 1 aliphatic rings. The van der Waals surface area contributed by atoms with Crippen molar-refractivity contribution in [2.45, 2.75) is 12.2 Å². The number of carbonyl (C=O) groups is 1. The highest BCUT2D eigenvalue weighted by Crippen LogP contribution is 2.37. The van der Waals surface area contributed by atoms with Crippen LogP contribution in [0.2, 0.25) is 0 Å². The number of esters is 1. The number of thioether (sulfide) groups is 1. The summed E-state index contributed by atoms with van der Waals surface area (Å²) in [5.74, 6) is 1.74. The summed E-state index contributed by atoms with van der Waals surface area (Å²) in [5, 5.41) is 0.601. The number of rotatable bonds is 1. The first-order valence-electron chi connectivity index (χ1n) is 4.30. The molecule has 0 aromatic carbocycles. The van der Waals surface area contributed by atoms with Crippen molar-refractivity contribution >= 4 is 34.1 Å². The number of fused-ring (bicyclic) bond motifs is 1. The van der Waals surface area contributed by atoms with Crippen LogP contribution in [0.4, 0.5) is 5.00 Å². The second kappa shape index (κ2) is 3.82. The second-order valence-electron chi connectivity index (χ2n) is 3.04. The number of thiophene rings is 1. The van der Waals surface area contributed by atoms with E-state index in [1.807, 2.05) is 11.8 Å². The lowest BCUT2D eigenvalue weighted by molar-refractivity contribution is 0.0601. The molecular formula is C9H11NO2S2. The van der Waals surface area contributed by atoms with Crippen molar-refractivity contribution in [2.24, 2.45) is 0 Å². The Morgan fingerprint density at radius 2 is 2.36 bits per heavy atom. The third kappa shape index (κ3) is 1.50. The van der Waals surface area contributed by atoms with E-state index in [1.54, 1.807) is 0 Å². The van der Waals surface area contributed by atoms with Crippen molar-refractivity contribution in [1.82, 2.24) is 0 Å². The van der Waals surface area contributed by atoms with Gasteiger partial charge in [-0.15, -0.1) is 11.3 Å². The van der Waals surface area contributed by atoms with Gasteiger partial charge in [0.05, 0.1) is 12.7 Å². The molecule has 2 rings (SSSR count). The van der Waals surface area contributed by atoms with E-state index in [0.29, 0.717) is 10.6 Å². The Labute approximate surface area is 90.6 Å². The van der Waals surface area contributed by atoms with E-state index in [2.05, 4.69) is 0 Å². The van der Waals surface area contributed by atoms with Crippen molar-refractivity contribution in [3.63, 3.8) is 0 Å². The summed E-state index contributed by atoms with van der Waals surface area (Å²) in [5.41, 5.74) is 7.52. The molecule has 0 fully saturated rings. The van der Waals surface area contributed by atoms with Crippen LogP contribution >= 0.6 is 23.1 Å². The fraction of sp³-hybridized carbons (Fsp3) is 0.444. The third-order valence-corrected chi connectivity index (χ3v) is 4.47. The highest BCUT2D eigenvalue weighted by molar-refractivity contribution is 7.98. The predicted octanol–water partition coefficient (Wildman–Crippen LogP) is 1.91. The molecule has 0 spiro atoms. The standard InChI is InChI=1S/C9H11NO2S2/c1-12-9(11)7-5-2-3-13-4-6(5)14-8(7)10/h2-4,10H2,1H3. The third-order valence-electron chi connectivity index (χ3n) is 2.24. The molecule has 0 bridgehead atoms. The van der Waals surface area contributed by atoms with Crippen LogP contribution in [0.1, 0.15) is 20.8 Å². The summed E-state index contributed by atoms with van der Waals surface area (Å²) in [6.45, 7) is 0. The largest absolute Gasteiger partial charge is 0.465 e. The summed E-state index contributed by atoms with van der Waals surface area (Å²) in [6, 6.07) is 0. The van der Waals surface area contributed by atoms with E-state index in [-0.39, 0.29) is 5.97 Å². The molecule has 0 saturated carbocycles. The van der Waals surface area contributed by atoms with E-state index >= 15 is 0 Å². The maximum Gasteiger partial charge on any atom is 0.341 e. The minimum Gasteiger partial charge on any atom is -0.465 e. The molecule has 76 valence electrons. The van der Waals surface area contributed by atoms with Gasteiger partial charge in [0, 0.05) is 10.6 Å². The summed E-state index contributed by atoms with van der Waals surface area (Å²) < 4.78 is 4.72. The minimum absolute atomic E-state index is 0.299. The molecule has 2 heterocycles. The first-order chi connectivity index (χ1) is 6.74. The molecule has 0 saturated heterocycles. The zero-order valence-electron chi connectivity index (χ0n) is 7.83. The lowest BCUT2D eigenvalue weighted by Crippen LogP contribution is -2.09. The van der Waals surface area contributed by atoms with Gasteiger partial charge in [0.25, 0.3) is 0 Å². The molecule has 3 nitrogen and oxygen atoms in total. The molecule has 0 aliphatic carbocycles. The van der Waals surface area contributed by atoms with Gasteiger partial charge in [-0.25, -0.2) is 4.79 Å². The number of anilines is 1. The number of carbonyl (C=O) groups excluding carboxylic acids is 1. The van der Waals surface area contributed by atoms with Gasteiger partial charge in [-0.2, -0.15) is 11.8 Å². The van der Waals surface area contributed by atoms with Crippen LogP contribution in [-0.4, -0.2) is 18.8 Å². The quantitative estimate of drug-likeness (QED) is 0.747. The fourth-order valence-electron chi connectivity index (χ4n) is 1.58. The minimum atomic E-state index is -0.299. The molecule has 1 aromatic heterocycles. The number of nitrogen functional groups attached to an aromatic ring is 1. The van der Waals surface area contributed by atoms with Gasteiger partial charge in [0.1, 0.15) is 5.00 Å². The predicted molar refractivity (Wildman–Crippen MR) is 59.9 cm³/mol. The summed E-state index contributed by atoms with van der Waals surface area (Å²) in [4.78, 5) is 12.7. The molecule has 0 unspecified atom stereocenters. The average Bonchev–Trinajstić information content (AvgIpc) is 2.53. The van der Waals surface area contributed by atoms with Gasteiger partial charge in [-0.1, -0.05) is 0 Å². The maximum atomic E-state index is 11.5. The molecule has 0 amide bonds. The number of hydrogen-bond donors (Lipinski definition) is 1. The summed E-state index contributed by atoms with van der Waals surface area (Å²) >= 11 is 3.40. The van der Waals surface area contributed by atoms with Crippen LogP contribution in [-0.2, 0) is 16.9 Å². The Balaban J connectivity index is 2.47. The molecule has 1 aliphatic heterocycles. The Kier molecular flexibility index (Phi) is 2.69. The summed E-state index contributed by atoms with van der Waals surface area (Å²) in [7, 11) is 1.39. The van der Waals surface area contributed by atoms with E-state index in [4.69, 9.17) is 10.5 Å². The Hall–Kier alpha value is -0.680. The lowest BCUT2D eigenvalue weighted by Gasteiger charge is -2.11. The first kappa shape index (κ1) is 9.86. The molecule has 2 N–H and O–H groups in total. The van der Waals surface area contributed by atoms with Crippen molar-refractivity contribution in [1.29, 1.82) is 0 Å². The highest BCUT2D eigenvalue weighted by Gasteiger charge is 2.24. The van der Waals surface area contributed by atoms with Crippen LogP contribution < -0.4 is 5.73 Å². The molecule has 1 aromatic rings. The Bertz CT molecular complexity index is 373. The lowest BCUT2D eigenvalue weighted by atomic mass is 10.1. The monoisotopic (exact) mass is 229 g/mol. The van der Waals surface area contributed by atoms with Crippen LogP contribution in [0.5, 0.6) is 0 Å². The van der Waals surface area contributed by atoms with Gasteiger partial charge in [0.15, 0.2) is 0 Å². The van der Waals surface area contributed by atoms with E-state index in [1.165, 1.54) is 23.3 Å². The molecule has 14 heavy (non-hydrogen) atoms. The normalized spacial score (nSPS) is 14.9. The van der Waals surface area contributed by atoms with Crippen LogP contribution in [0.15, 0.2) is 0 Å². The maximum absolute atomic E-state index is 11.5. The van der Waals surface area contributed by atoms with Crippen molar-refractivity contribution in [3.05, 3.63) is 16.0 Å². The van der Waals surface area contributed by atoms with Crippen LogP contribution in [0.25, 0.3) is 0 Å². The average molecular weight is 229 g/mol. The smallest absolute Gasteiger partial charge is 0.341 e. The van der Waals surface area contributed by atoms with Crippen molar-refractivity contribution in [3.8, 4) is 0 Å². The Morgan fingerprint density at radius 1 is 1.57 bits per heavy atom. The molecule has 0 radical (unpaired) electrons. The number of hydrogen-bond acceptors (Lipinski definition) is 5. The van der Waals surface area contributed by atoms with Crippen molar-refractivity contribution in [2.75, 3.05) is 18.6 Å². The second-order valence-corrected chi connectivity index (χ2v) is 5.28. The zero-order valence-corrected chi connectivity index (χ0v) is 9.46. The molecule has 5 heteroatoms. The van der Waals surface area contributed by atoms with Crippen molar-refractivity contribution < 1.29 is 9.53 Å². The topological polar surface area (TPSA) is 52.3 Å². The first-order valence-corrected chi connectivity index (χ1v) is 6.27. The SMILES string of the molecule is COC(=O)c1c(N)sc2c1CCSC2. The van der Waals surface area contributed by atoms with Crippen LogP contribution in [0.3, 0.4) is 0 Å². The Morgan fingerprint density at radius 3 is 3.07 bits per heavy atom. The number of ether oxygens (including phenoxy) is 1. The number of nitrogens with two attached hydrogens (primary N) is 1. The van der Waals surface area contributed by atoms with Gasteiger partial charge >= 0.3 is 5.97 Å². The van der Waals surface area contributed by atoms with Gasteiger partial charge in [0.2, 0.25) is 0 Å². The van der Waals surface area contributed by atoms with Gasteiger partial charge < -0.3 is 10.5 Å². The molecular weight excluding hydrogens is 218 g/mol. The van der Waals surface area contributed by atoms with Crippen LogP contribution in [0, 0.1) is 0 Å². The van der Waals surface area contributed by atoms with E-state index in [9.17, 15) is 4.79 Å². The summed E-state index contributed by atoms with van der Waals surface area (Å²) in [6.07, 6.45) is 0.929. The zero-order chi connectivity index (χ0) is 10.1.